The summed E-state index contributed by atoms with van der Waals surface area (Å²) in [6, 6.07) is 7.17. The average molecular weight is 440 g/mol. The Kier molecular flexibility index (Phi) is 6.30. The highest BCUT2D eigenvalue weighted by molar-refractivity contribution is 7.89. The molecule has 156 valence electrons. The van der Waals surface area contributed by atoms with Crippen LogP contribution >= 0.6 is 11.6 Å². The zero-order valence-corrected chi connectivity index (χ0v) is 17.7. The number of nitrogens with zero attached hydrogens (tertiary/aromatic N) is 2. The van der Waals surface area contributed by atoms with Gasteiger partial charge in [0.05, 0.1) is 17.3 Å². The van der Waals surface area contributed by atoms with Crippen LogP contribution in [-0.4, -0.2) is 48.4 Å². The maximum absolute atomic E-state index is 13.2. The standard InChI is InChI=1S/C19H22ClN3O5S/c1-3-28-19(25)17-11-13(12-22(17)2)29(26,27)23-10-6-9-16(23)18(24)21-15-8-5-4-7-14(15)20/h4-5,7-8,11-12,16H,3,6,9-10H2,1-2H3,(H,21,24)/t16-/m0/s1. The Labute approximate surface area is 174 Å². The van der Waals surface area contributed by atoms with Gasteiger partial charge in [-0.3, -0.25) is 4.79 Å². The Morgan fingerprint density at radius 3 is 2.72 bits per heavy atom. The van der Waals surface area contributed by atoms with E-state index in [-0.39, 0.29) is 23.7 Å². The van der Waals surface area contributed by atoms with Crippen molar-refractivity contribution in [3.63, 3.8) is 0 Å². The number of aromatic nitrogens is 1. The molecular weight excluding hydrogens is 418 g/mol. The van der Waals surface area contributed by atoms with E-state index in [1.165, 1.54) is 21.1 Å². The number of halogens is 1. The Hall–Kier alpha value is -2.36. The number of carbonyl (C=O) groups excluding carboxylic acids is 2. The molecule has 1 aromatic carbocycles. The van der Waals surface area contributed by atoms with Crippen LogP contribution in [0.25, 0.3) is 0 Å². The van der Waals surface area contributed by atoms with Crippen molar-refractivity contribution in [2.45, 2.75) is 30.7 Å². The largest absolute Gasteiger partial charge is 0.461 e. The molecule has 1 fully saturated rings. The van der Waals surface area contributed by atoms with Crippen LogP contribution in [0, 0.1) is 0 Å². The number of ether oxygens (including phenoxy) is 1. The quantitative estimate of drug-likeness (QED) is 0.698. The number of aryl methyl sites for hydroxylation is 1. The summed E-state index contributed by atoms with van der Waals surface area (Å²) in [5, 5.41) is 3.07. The van der Waals surface area contributed by atoms with Crippen molar-refractivity contribution >= 4 is 39.2 Å². The molecule has 1 aliphatic heterocycles. The van der Waals surface area contributed by atoms with Crippen LogP contribution in [0.3, 0.4) is 0 Å². The molecule has 0 aliphatic carbocycles. The molecule has 2 aromatic rings. The van der Waals surface area contributed by atoms with E-state index >= 15 is 0 Å². The smallest absolute Gasteiger partial charge is 0.354 e. The van der Waals surface area contributed by atoms with E-state index in [4.69, 9.17) is 16.3 Å². The first-order valence-electron chi connectivity index (χ1n) is 9.16. The van der Waals surface area contributed by atoms with E-state index in [9.17, 15) is 18.0 Å². The third-order valence-electron chi connectivity index (χ3n) is 4.71. The van der Waals surface area contributed by atoms with E-state index in [0.717, 1.165) is 0 Å². The lowest BCUT2D eigenvalue weighted by atomic mass is 10.2. The van der Waals surface area contributed by atoms with Crippen molar-refractivity contribution in [2.24, 2.45) is 7.05 Å². The number of carbonyl (C=O) groups is 2. The lowest BCUT2D eigenvalue weighted by Gasteiger charge is -2.23. The van der Waals surface area contributed by atoms with Gasteiger partial charge < -0.3 is 14.6 Å². The van der Waals surface area contributed by atoms with Gasteiger partial charge in [0.15, 0.2) is 0 Å². The van der Waals surface area contributed by atoms with Crippen LogP contribution in [0.1, 0.15) is 30.3 Å². The summed E-state index contributed by atoms with van der Waals surface area (Å²) in [4.78, 5) is 24.7. The van der Waals surface area contributed by atoms with Crippen molar-refractivity contribution in [3.05, 3.63) is 47.2 Å². The summed E-state index contributed by atoms with van der Waals surface area (Å²) < 4.78 is 33.9. The molecule has 2 heterocycles. The molecule has 1 saturated heterocycles. The number of esters is 1. The molecule has 0 spiro atoms. The number of anilines is 1. The number of hydrogen-bond acceptors (Lipinski definition) is 5. The molecule has 10 heteroatoms. The van der Waals surface area contributed by atoms with E-state index in [0.29, 0.717) is 23.6 Å². The van der Waals surface area contributed by atoms with Crippen LogP contribution in [0.2, 0.25) is 5.02 Å². The molecule has 1 atom stereocenters. The van der Waals surface area contributed by atoms with Gasteiger partial charge in [0.1, 0.15) is 16.6 Å². The van der Waals surface area contributed by atoms with Crippen LogP contribution < -0.4 is 5.32 Å². The predicted octanol–water partition coefficient (Wildman–Crippen LogP) is 2.65. The van der Waals surface area contributed by atoms with E-state index in [1.54, 1.807) is 38.2 Å². The lowest BCUT2D eigenvalue weighted by molar-refractivity contribution is -0.119. The van der Waals surface area contributed by atoms with E-state index in [2.05, 4.69) is 5.32 Å². The lowest BCUT2D eigenvalue weighted by Crippen LogP contribution is -2.43. The van der Waals surface area contributed by atoms with Gasteiger partial charge in [-0.1, -0.05) is 23.7 Å². The summed E-state index contributed by atoms with van der Waals surface area (Å²) in [5.74, 6) is -1.05. The van der Waals surface area contributed by atoms with Crippen LogP contribution in [-0.2, 0) is 26.6 Å². The second-order valence-electron chi connectivity index (χ2n) is 6.64. The highest BCUT2D eigenvalue weighted by Crippen LogP contribution is 2.29. The van der Waals surface area contributed by atoms with Crippen molar-refractivity contribution < 1.29 is 22.7 Å². The van der Waals surface area contributed by atoms with E-state index in [1.807, 2.05) is 0 Å². The molecule has 0 bridgehead atoms. The van der Waals surface area contributed by atoms with Crippen molar-refractivity contribution in [3.8, 4) is 0 Å². The molecule has 1 aliphatic rings. The SMILES string of the molecule is CCOC(=O)c1cc(S(=O)(=O)N2CCC[C@H]2C(=O)Nc2ccccc2Cl)cn1C. The fourth-order valence-corrected chi connectivity index (χ4v) is 5.20. The van der Waals surface area contributed by atoms with Gasteiger partial charge in [-0.15, -0.1) is 0 Å². The fourth-order valence-electron chi connectivity index (χ4n) is 3.29. The summed E-state index contributed by atoms with van der Waals surface area (Å²) in [5.41, 5.74) is 0.550. The molecule has 0 unspecified atom stereocenters. The molecule has 0 radical (unpaired) electrons. The normalized spacial score (nSPS) is 17.3. The second kappa shape index (κ2) is 8.56. The van der Waals surface area contributed by atoms with Gasteiger partial charge in [0.25, 0.3) is 0 Å². The van der Waals surface area contributed by atoms with Crippen LogP contribution in [0.5, 0.6) is 0 Å². The Morgan fingerprint density at radius 1 is 1.31 bits per heavy atom. The maximum Gasteiger partial charge on any atom is 0.354 e. The third-order valence-corrected chi connectivity index (χ3v) is 6.91. The number of hydrogen-bond donors (Lipinski definition) is 1. The molecule has 1 amide bonds. The van der Waals surface area contributed by atoms with Gasteiger partial charge in [-0.2, -0.15) is 4.31 Å². The third kappa shape index (κ3) is 4.31. The first-order chi connectivity index (χ1) is 13.8. The summed E-state index contributed by atoms with van der Waals surface area (Å²) >= 11 is 6.08. The summed E-state index contributed by atoms with van der Waals surface area (Å²) in [7, 11) is -2.41. The van der Waals surface area contributed by atoms with Crippen molar-refractivity contribution in [2.75, 3.05) is 18.5 Å². The zero-order valence-electron chi connectivity index (χ0n) is 16.1. The number of nitrogens with one attached hydrogen (secondary N) is 1. The molecule has 29 heavy (non-hydrogen) atoms. The first-order valence-corrected chi connectivity index (χ1v) is 11.0. The Morgan fingerprint density at radius 2 is 2.03 bits per heavy atom. The molecule has 1 N–H and O–H groups in total. The molecule has 8 nitrogen and oxygen atoms in total. The molecular formula is C19H22ClN3O5S. The Balaban J connectivity index is 1.84. The summed E-state index contributed by atoms with van der Waals surface area (Å²) in [6.07, 6.45) is 2.30. The highest BCUT2D eigenvalue weighted by Gasteiger charge is 2.40. The van der Waals surface area contributed by atoms with Gasteiger partial charge in [0, 0.05) is 19.8 Å². The van der Waals surface area contributed by atoms with Gasteiger partial charge in [-0.25, -0.2) is 13.2 Å². The minimum Gasteiger partial charge on any atom is -0.461 e. The maximum atomic E-state index is 13.2. The van der Waals surface area contributed by atoms with Gasteiger partial charge in [-0.05, 0) is 38.0 Å². The summed E-state index contributed by atoms with van der Waals surface area (Å²) in [6.45, 7) is 2.07. The molecule has 3 rings (SSSR count). The van der Waals surface area contributed by atoms with Gasteiger partial charge in [0.2, 0.25) is 15.9 Å². The Bertz CT molecular complexity index is 1030. The van der Waals surface area contributed by atoms with Crippen LogP contribution in [0.4, 0.5) is 5.69 Å². The number of benzene rings is 1. The number of sulfonamides is 1. The predicted molar refractivity (Wildman–Crippen MR) is 108 cm³/mol. The van der Waals surface area contributed by atoms with Gasteiger partial charge >= 0.3 is 5.97 Å². The first kappa shape index (κ1) is 21.4. The minimum atomic E-state index is -3.97. The number of rotatable bonds is 6. The number of amides is 1. The van der Waals surface area contributed by atoms with Crippen molar-refractivity contribution in [1.29, 1.82) is 0 Å². The monoisotopic (exact) mass is 439 g/mol. The number of para-hydroxylation sites is 1. The molecule has 1 aromatic heterocycles. The average Bonchev–Trinajstić information content (AvgIpc) is 3.31. The van der Waals surface area contributed by atoms with Crippen molar-refractivity contribution in [1.82, 2.24) is 8.87 Å². The minimum absolute atomic E-state index is 0.0551. The molecule has 0 saturated carbocycles. The highest BCUT2D eigenvalue weighted by atomic mass is 35.5. The fraction of sp³-hybridized carbons (Fsp3) is 0.368. The van der Waals surface area contributed by atoms with E-state index < -0.39 is 27.9 Å². The zero-order chi connectivity index (χ0) is 21.2. The second-order valence-corrected chi connectivity index (χ2v) is 8.93. The van der Waals surface area contributed by atoms with Crippen LogP contribution in [0.15, 0.2) is 41.4 Å². The topological polar surface area (TPSA) is 97.7 Å².